The first-order valence-electron chi connectivity index (χ1n) is 18.3. The molecule has 0 saturated heterocycles. The number of carbonyl (C=O) groups is 2. The molecule has 2 aromatic carbocycles. The van der Waals surface area contributed by atoms with Crippen LogP contribution in [0, 0.1) is 23.7 Å². The SMILES string of the molecule is CC[C@@]1(c2ccccc2)C2=C(C[C@@H](C(C)Cc3nc4c(s3)[C@](CC)(c3ccccc3)C3=C(C[C@H](C(C)C)CC3=O)N4)CC2=O)Nc2ncsc21. The Morgan fingerprint density at radius 2 is 1.28 bits per heavy atom. The van der Waals surface area contributed by atoms with Crippen molar-refractivity contribution in [3.63, 3.8) is 0 Å². The van der Waals surface area contributed by atoms with E-state index in [-0.39, 0.29) is 23.4 Å². The fourth-order valence-electron chi connectivity index (χ4n) is 9.48. The van der Waals surface area contributed by atoms with Crippen LogP contribution in [0.1, 0.15) is 99.0 Å². The Bertz CT molecular complexity index is 2030. The Kier molecular flexibility index (Phi) is 8.46. The van der Waals surface area contributed by atoms with Gasteiger partial charge in [-0.1, -0.05) is 95.3 Å². The maximum Gasteiger partial charge on any atom is 0.162 e. The van der Waals surface area contributed by atoms with E-state index in [0.717, 1.165) is 92.2 Å². The summed E-state index contributed by atoms with van der Waals surface area (Å²) in [6, 6.07) is 21.1. The van der Waals surface area contributed by atoms with E-state index in [1.165, 1.54) is 0 Å². The van der Waals surface area contributed by atoms with Crippen LogP contribution in [-0.4, -0.2) is 21.5 Å². The molecule has 0 bridgehead atoms. The van der Waals surface area contributed by atoms with Gasteiger partial charge in [-0.2, -0.15) is 0 Å². The minimum Gasteiger partial charge on any atom is -0.342 e. The lowest BCUT2D eigenvalue weighted by Gasteiger charge is -2.43. The fraction of sp³-hybridized carbons (Fsp3) is 0.429. The molecule has 258 valence electrons. The van der Waals surface area contributed by atoms with E-state index in [1.54, 1.807) is 22.7 Å². The molecule has 50 heavy (non-hydrogen) atoms. The highest BCUT2D eigenvalue weighted by molar-refractivity contribution is 7.12. The maximum absolute atomic E-state index is 14.4. The van der Waals surface area contributed by atoms with Crippen molar-refractivity contribution in [1.29, 1.82) is 0 Å². The molecule has 6 nitrogen and oxygen atoms in total. The molecule has 4 aliphatic rings. The largest absolute Gasteiger partial charge is 0.342 e. The van der Waals surface area contributed by atoms with E-state index >= 15 is 0 Å². The molecule has 0 saturated carbocycles. The van der Waals surface area contributed by atoms with E-state index in [0.29, 0.717) is 24.7 Å². The normalized spacial score (nSPS) is 26.5. The first-order valence-corrected chi connectivity index (χ1v) is 20.0. The summed E-state index contributed by atoms with van der Waals surface area (Å²) in [7, 11) is 0. The average Bonchev–Trinajstić information content (AvgIpc) is 3.77. The van der Waals surface area contributed by atoms with Gasteiger partial charge in [0.25, 0.3) is 0 Å². The van der Waals surface area contributed by atoms with Gasteiger partial charge in [0, 0.05) is 41.8 Å². The number of nitrogens with one attached hydrogen (secondary N) is 2. The van der Waals surface area contributed by atoms with Crippen LogP contribution < -0.4 is 10.6 Å². The van der Waals surface area contributed by atoms with Gasteiger partial charge in [-0.25, -0.2) is 9.97 Å². The van der Waals surface area contributed by atoms with Crippen molar-refractivity contribution in [1.82, 2.24) is 9.97 Å². The number of hydrogen-bond donors (Lipinski definition) is 2. The molecule has 2 aliphatic carbocycles. The lowest BCUT2D eigenvalue weighted by molar-refractivity contribution is -0.118. The smallest absolute Gasteiger partial charge is 0.162 e. The first kappa shape index (κ1) is 33.3. The molecule has 8 rings (SSSR count). The van der Waals surface area contributed by atoms with Crippen LogP contribution in [0.4, 0.5) is 11.6 Å². The summed E-state index contributed by atoms with van der Waals surface area (Å²) in [5.74, 6) is 3.47. The van der Waals surface area contributed by atoms with Crippen molar-refractivity contribution >= 4 is 45.9 Å². The number of hydrogen-bond acceptors (Lipinski definition) is 8. The molecule has 4 heterocycles. The second-order valence-electron chi connectivity index (χ2n) is 15.1. The quantitative estimate of drug-likeness (QED) is 0.190. The zero-order valence-corrected chi connectivity index (χ0v) is 31.3. The van der Waals surface area contributed by atoms with Crippen molar-refractivity contribution in [3.8, 4) is 0 Å². The third kappa shape index (κ3) is 5.00. The fourth-order valence-corrected chi connectivity index (χ4v) is 12.0. The highest BCUT2D eigenvalue weighted by Crippen LogP contribution is 2.56. The molecule has 0 spiro atoms. The van der Waals surface area contributed by atoms with Crippen LogP contribution in [0.25, 0.3) is 0 Å². The van der Waals surface area contributed by atoms with Gasteiger partial charge in [0.15, 0.2) is 11.6 Å². The zero-order chi connectivity index (χ0) is 34.8. The number of anilines is 2. The van der Waals surface area contributed by atoms with Crippen molar-refractivity contribution < 1.29 is 9.59 Å². The number of carbonyl (C=O) groups excluding carboxylic acids is 2. The number of Topliss-reactive ketones (excluding diaryl/α,β-unsaturated/α-hetero) is 2. The molecule has 4 aromatic rings. The summed E-state index contributed by atoms with van der Waals surface area (Å²) in [4.78, 5) is 40.8. The summed E-state index contributed by atoms with van der Waals surface area (Å²) >= 11 is 3.40. The second kappa shape index (κ2) is 12.7. The van der Waals surface area contributed by atoms with Crippen LogP contribution in [0.2, 0.25) is 0 Å². The van der Waals surface area contributed by atoms with E-state index in [9.17, 15) is 9.59 Å². The third-order valence-corrected chi connectivity index (χ3v) is 14.5. The van der Waals surface area contributed by atoms with Gasteiger partial charge in [-0.15, -0.1) is 22.7 Å². The van der Waals surface area contributed by atoms with Crippen LogP contribution in [0.15, 0.2) is 88.7 Å². The minimum absolute atomic E-state index is 0.179. The Morgan fingerprint density at radius 1 is 0.740 bits per heavy atom. The molecule has 5 atom stereocenters. The predicted octanol–water partition coefficient (Wildman–Crippen LogP) is 9.84. The molecule has 0 fully saturated rings. The Balaban J connectivity index is 1.13. The number of fused-ring (bicyclic) bond motifs is 2. The molecule has 1 unspecified atom stereocenters. The number of aromatic nitrogens is 2. The van der Waals surface area contributed by atoms with Gasteiger partial charge in [0.2, 0.25) is 0 Å². The van der Waals surface area contributed by atoms with Crippen LogP contribution >= 0.6 is 22.7 Å². The maximum atomic E-state index is 14.4. The van der Waals surface area contributed by atoms with Gasteiger partial charge < -0.3 is 10.6 Å². The Morgan fingerprint density at radius 3 is 1.86 bits per heavy atom. The third-order valence-electron chi connectivity index (χ3n) is 12.2. The molecular weight excluding hydrogens is 657 g/mol. The minimum atomic E-state index is -0.520. The van der Waals surface area contributed by atoms with Crippen LogP contribution in [-0.2, 0) is 26.8 Å². The molecular formula is C42H46N4O2S2. The summed E-state index contributed by atoms with van der Waals surface area (Å²) < 4.78 is 0. The van der Waals surface area contributed by atoms with Gasteiger partial charge in [0.05, 0.1) is 31.1 Å². The molecule has 0 radical (unpaired) electrons. The monoisotopic (exact) mass is 702 g/mol. The number of rotatable bonds is 8. The molecule has 2 aromatic heterocycles. The topological polar surface area (TPSA) is 84.0 Å². The molecule has 2 N–H and O–H groups in total. The Labute approximate surface area is 303 Å². The first-order chi connectivity index (χ1) is 24.2. The van der Waals surface area contributed by atoms with Crippen molar-refractivity contribution in [2.24, 2.45) is 23.7 Å². The average molecular weight is 703 g/mol. The number of nitrogens with zero attached hydrogens (tertiary/aromatic N) is 2. The van der Waals surface area contributed by atoms with Crippen LogP contribution in [0.5, 0.6) is 0 Å². The number of allylic oxidation sites excluding steroid dienone is 4. The highest BCUT2D eigenvalue weighted by Gasteiger charge is 2.51. The van der Waals surface area contributed by atoms with E-state index in [1.807, 2.05) is 11.6 Å². The lowest BCUT2D eigenvalue weighted by Crippen LogP contribution is -2.42. The summed E-state index contributed by atoms with van der Waals surface area (Å²) in [6.07, 6.45) is 5.17. The van der Waals surface area contributed by atoms with Crippen LogP contribution in [0.3, 0.4) is 0 Å². The van der Waals surface area contributed by atoms with Gasteiger partial charge in [-0.3, -0.25) is 9.59 Å². The lowest BCUT2D eigenvalue weighted by atomic mass is 9.63. The Hall–Kier alpha value is -3.88. The molecule has 0 amide bonds. The van der Waals surface area contributed by atoms with Gasteiger partial charge >= 0.3 is 0 Å². The van der Waals surface area contributed by atoms with Crippen molar-refractivity contribution in [2.45, 2.75) is 90.4 Å². The van der Waals surface area contributed by atoms with Crippen molar-refractivity contribution in [3.05, 3.63) is 115 Å². The van der Waals surface area contributed by atoms with E-state index < -0.39 is 10.8 Å². The number of ketones is 2. The number of benzene rings is 2. The van der Waals surface area contributed by atoms with E-state index in [4.69, 9.17) is 9.97 Å². The molecule has 2 aliphatic heterocycles. The number of thiazole rings is 2. The summed E-state index contributed by atoms with van der Waals surface area (Å²) in [6.45, 7) is 11.1. The predicted molar refractivity (Wildman–Crippen MR) is 204 cm³/mol. The van der Waals surface area contributed by atoms with E-state index in [2.05, 4.69) is 99.8 Å². The highest BCUT2D eigenvalue weighted by atomic mass is 32.1. The zero-order valence-electron chi connectivity index (χ0n) is 29.6. The molecule has 8 heteroatoms. The van der Waals surface area contributed by atoms with Gasteiger partial charge in [0.1, 0.15) is 11.6 Å². The summed E-state index contributed by atoms with van der Waals surface area (Å²) in [5.41, 5.74) is 7.19. The summed E-state index contributed by atoms with van der Waals surface area (Å²) in [5, 5.41) is 8.41. The van der Waals surface area contributed by atoms with Gasteiger partial charge in [-0.05, 0) is 60.5 Å². The van der Waals surface area contributed by atoms with Crippen molar-refractivity contribution in [2.75, 3.05) is 10.6 Å². The second-order valence-corrected chi connectivity index (χ2v) is 17.1. The standard InChI is InChI=1S/C42H46N4O2S2/c1-6-41(28-14-10-8-11-15-28)35-31(44-39-37(41)49-23-43-39)20-27(22-33(35)48)25(5)18-34-46-40-38(50-34)42(7-2,29-16-12-9-13-17-29)36-30(45-40)19-26(24(3)4)21-32(36)47/h8-17,23-27,44-45H,6-7,18-22H2,1-5H3/t25?,26-,27+,41+,42+/m0/s1.